The SMILES string of the molecule is CCc1ocnc1C(=O)N1CCO[C@H](c2n[nH]c(C)n2)C1. The van der Waals surface area contributed by atoms with Gasteiger partial charge < -0.3 is 14.1 Å². The van der Waals surface area contributed by atoms with E-state index in [1.807, 2.05) is 13.8 Å². The molecule has 0 bridgehead atoms. The second kappa shape index (κ2) is 5.65. The van der Waals surface area contributed by atoms with Crippen LogP contribution in [0.3, 0.4) is 0 Å². The van der Waals surface area contributed by atoms with Crippen LogP contribution >= 0.6 is 0 Å². The van der Waals surface area contributed by atoms with Crippen molar-refractivity contribution >= 4 is 5.91 Å². The lowest BCUT2D eigenvalue weighted by atomic mass is 10.2. The van der Waals surface area contributed by atoms with Crippen molar-refractivity contribution < 1.29 is 13.9 Å². The van der Waals surface area contributed by atoms with Crippen molar-refractivity contribution in [1.29, 1.82) is 0 Å². The molecule has 0 saturated carbocycles. The van der Waals surface area contributed by atoms with E-state index in [1.54, 1.807) is 4.90 Å². The van der Waals surface area contributed by atoms with Gasteiger partial charge in [-0.15, -0.1) is 0 Å². The van der Waals surface area contributed by atoms with E-state index in [2.05, 4.69) is 20.2 Å². The Hall–Kier alpha value is -2.22. The molecule has 0 spiro atoms. The maximum atomic E-state index is 12.5. The number of hydrogen-bond acceptors (Lipinski definition) is 6. The first-order valence-electron chi connectivity index (χ1n) is 6.91. The van der Waals surface area contributed by atoms with Gasteiger partial charge in [0, 0.05) is 13.0 Å². The predicted octanol–water partition coefficient (Wildman–Crippen LogP) is 0.877. The molecule has 2 aromatic rings. The van der Waals surface area contributed by atoms with Crippen LogP contribution in [0.15, 0.2) is 10.8 Å². The Morgan fingerprint density at radius 3 is 3.14 bits per heavy atom. The number of carbonyl (C=O) groups excluding carboxylic acids is 1. The number of rotatable bonds is 3. The topological polar surface area (TPSA) is 97.1 Å². The van der Waals surface area contributed by atoms with E-state index < -0.39 is 0 Å². The van der Waals surface area contributed by atoms with Gasteiger partial charge in [0.2, 0.25) is 0 Å². The van der Waals surface area contributed by atoms with Crippen LogP contribution in [0.5, 0.6) is 0 Å². The normalized spacial score (nSPS) is 19.0. The fraction of sp³-hybridized carbons (Fsp3) is 0.538. The van der Waals surface area contributed by atoms with E-state index in [0.717, 1.165) is 5.82 Å². The summed E-state index contributed by atoms with van der Waals surface area (Å²) in [5.74, 6) is 1.76. The van der Waals surface area contributed by atoms with Crippen LogP contribution < -0.4 is 0 Å². The van der Waals surface area contributed by atoms with Gasteiger partial charge in [-0.05, 0) is 6.92 Å². The molecule has 0 aliphatic carbocycles. The molecule has 2 aromatic heterocycles. The minimum Gasteiger partial charge on any atom is -0.448 e. The monoisotopic (exact) mass is 291 g/mol. The highest BCUT2D eigenvalue weighted by Crippen LogP contribution is 2.21. The minimum absolute atomic E-state index is 0.138. The Balaban J connectivity index is 1.75. The van der Waals surface area contributed by atoms with Gasteiger partial charge in [0.05, 0.1) is 13.2 Å². The molecule has 112 valence electrons. The lowest BCUT2D eigenvalue weighted by molar-refractivity contribution is -0.0269. The van der Waals surface area contributed by atoms with Gasteiger partial charge >= 0.3 is 0 Å². The fourth-order valence-corrected chi connectivity index (χ4v) is 2.34. The number of H-pyrrole nitrogens is 1. The molecule has 0 radical (unpaired) electrons. The highest BCUT2D eigenvalue weighted by atomic mass is 16.5. The molecule has 3 heterocycles. The summed E-state index contributed by atoms with van der Waals surface area (Å²) in [4.78, 5) is 22.5. The zero-order valence-corrected chi connectivity index (χ0v) is 12.0. The number of aryl methyl sites for hydroxylation is 2. The van der Waals surface area contributed by atoms with Gasteiger partial charge in [0.15, 0.2) is 17.9 Å². The zero-order chi connectivity index (χ0) is 14.8. The number of carbonyl (C=O) groups is 1. The Bertz CT molecular complexity index is 635. The number of aromatic nitrogens is 4. The summed E-state index contributed by atoms with van der Waals surface area (Å²) in [5.41, 5.74) is 0.379. The highest BCUT2D eigenvalue weighted by molar-refractivity contribution is 5.93. The molecule has 1 N–H and O–H groups in total. The van der Waals surface area contributed by atoms with Crippen LogP contribution in [0.25, 0.3) is 0 Å². The van der Waals surface area contributed by atoms with Gasteiger partial charge in [0.25, 0.3) is 5.91 Å². The van der Waals surface area contributed by atoms with E-state index in [0.29, 0.717) is 43.4 Å². The first-order chi connectivity index (χ1) is 10.2. The van der Waals surface area contributed by atoms with Crippen LogP contribution in [0.2, 0.25) is 0 Å². The number of aromatic amines is 1. The van der Waals surface area contributed by atoms with E-state index in [9.17, 15) is 4.79 Å². The predicted molar refractivity (Wildman–Crippen MR) is 71.6 cm³/mol. The molecule has 1 amide bonds. The number of hydrogen-bond donors (Lipinski definition) is 1. The van der Waals surface area contributed by atoms with Crippen LogP contribution in [-0.2, 0) is 11.2 Å². The molecule has 21 heavy (non-hydrogen) atoms. The Labute approximate surface area is 121 Å². The molecular weight excluding hydrogens is 274 g/mol. The molecule has 0 aromatic carbocycles. The van der Waals surface area contributed by atoms with E-state index in [-0.39, 0.29) is 12.0 Å². The Morgan fingerprint density at radius 1 is 1.57 bits per heavy atom. The van der Waals surface area contributed by atoms with Crippen molar-refractivity contribution in [2.45, 2.75) is 26.4 Å². The quantitative estimate of drug-likeness (QED) is 0.901. The van der Waals surface area contributed by atoms with Gasteiger partial charge in [-0.3, -0.25) is 9.89 Å². The highest BCUT2D eigenvalue weighted by Gasteiger charge is 2.30. The number of oxazole rings is 1. The number of ether oxygens (including phenoxy) is 1. The second-order valence-electron chi connectivity index (χ2n) is 4.87. The maximum Gasteiger partial charge on any atom is 0.276 e. The smallest absolute Gasteiger partial charge is 0.276 e. The number of amides is 1. The van der Waals surface area contributed by atoms with Crippen molar-refractivity contribution in [2.75, 3.05) is 19.7 Å². The second-order valence-corrected chi connectivity index (χ2v) is 4.87. The summed E-state index contributed by atoms with van der Waals surface area (Å²) in [6.07, 6.45) is 1.63. The molecule has 0 unspecified atom stereocenters. The van der Waals surface area contributed by atoms with Crippen LogP contribution in [-0.4, -0.2) is 50.7 Å². The molecular formula is C13H17N5O3. The first-order valence-corrected chi connectivity index (χ1v) is 6.91. The van der Waals surface area contributed by atoms with Crippen LogP contribution in [0.4, 0.5) is 0 Å². The van der Waals surface area contributed by atoms with Gasteiger partial charge in [-0.1, -0.05) is 6.92 Å². The third kappa shape index (κ3) is 2.66. The Morgan fingerprint density at radius 2 is 2.43 bits per heavy atom. The average molecular weight is 291 g/mol. The molecule has 1 atom stereocenters. The summed E-state index contributed by atoms with van der Waals surface area (Å²) < 4.78 is 10.9. The number of morpholine rings is 1. The first kappa shape index (κ1) is 13.7. The molecule has 1 fully saturated rings. The van der Waals surface area contributed by atoms with Gasteiger partial charge in [-0.2, -0.15) is 5.10 Å². The van der Waals surface area contributed by atoms with Crippen molar-refractivity contribution in [2.24, 2.45) is 0 Å². The summed E-state index contributed by atoms with van der Waals surface area (Å²) >= 11 is 0. The summed E-state index contributed by atoms with van der Waals surface area (Å²) in [6, 6.07) is 0. The lowest BCUT2D eigenvalue weighted by Crippen LogP contribution is -2.43. The zero-order valence-electron chi connectivity index (χ0n) is 12.0. The third-order valence-corrected chi connectivity index (χ3v) is 3.42. The fourth-order valence-electron chi connectivity index (χ4n) is 2.34. The van der Waals surface area contributed by atoms with Gasteiger partial charge in [-0.25, -0.2) is 9.97 Å². The third-order valence-electron chi connectivity index (χ3n) is 3.42. The average Bonchev–Trinajstić information content (AvgIpc) is 3.15. The van der Waals surface area contributed by atoms with Gasteiger partial charge in [0.1, 0.15) is 17.7 Å². The minimum atomic E-state index is -0.315. The number of nitrogens with one attached hydrogen (secondary N) is 1. The molecule has 3 rings (SSSR count). The largest absolute Gasteiger partial charge is 0.448 e. The lowest BCUT2D eigenvalue weighted by Gasteiger charge is -2.31. The molecule has 1 aliphatic rings. The van der Waals surface area contributed by atoms with Crippen molar-refractivity contribution in [1.82, 2.24) is 25.1 Å². The number of nitrogens with zero attached hydrogens (tertiary/aromatic N) is 4. The molecule has 1 saturated heterocycles. The van der Waals surface area contributed by atoms with Crippen molar-refractivity contribution in [3.05, 3.63) is 29.5 Å². The molecule has 8 heteroatoms. The van der Waals surface area contributed by atoms with Crippen LogP contribution in [0.1, 0.15) is 40.9 Å². The van der Waals surface area contributed by atoms with E-state index in [1.165, 1.54) is 6.39 Å². The van der Waals surface area contributed by atoms with E-state index in [4.69, 9.17) is 9.15 Å². The summed E-state index contributed by atoms with van der Waals surface area (Å²) in [6.45, 7) is 5.13. The standard InChI is InChI=1S/C13H17N5O3/c1-3-9-11(14-7-21-9)13(19)18-4-5-20-10(6-18)12-15-8(2)16-17-12/h7,10H,3-6H2,1-2H3,(H,15,16,17)/t10-/m0/s1. The van der Waals surface area contributed by atoms with Crippen molar-refractivity contribution in [3.8, 4) is 0 Å². The summed E-state index contributed by atoms with van der Waals surface area (Å²) in [7, 11) is 0. The summed E-state index contributed by atoms with van der Waals surface area (Å²) in [5, 5.41) is 6.88. The molecule has 8 nitrogen and oxygen atoms in total. The van der Waals surface area contributed by atoms with E-state index >= 15 is 0 Å². The Kier molecular flexibility index (Phi) is 3.70. The maximum absolute atomic E-state index is 12.5. The van der Waals surface area contributed by atoms with Crippen LogP contribution in [0, 0.1) is 6.92 Å². The molecule has 1 aliphatic heterocycles. The van der Waals surface area contributed by atoms with Crippen molar-refractivity contribution in [3.63, 3.8) is 0 Å².